The summed E-state index contributed by atoms with van der Waals surface area (Å²) in [4.78, 5) is 4.58. The van der Waals surface area contributed by atoms with E-state index in [0.29, 0.717) is 6.10 Å². The first-order valence-corrected chi connectivity index (χ1v) is 8.22. The molecule has 0 spiro atoms. The largest absolute Gasteiger partial charge is 0.490 e. The van der Waals surface area contributed by atoms with Gasteiger partial charge in [0.15, 0.2) is 0 Å². The molecule has 0 saturated heterocycles. The van der Waals surface area contributed by atoms with Crippen LogP contribution in [0.2, 0.25) is 0 Å². The van der Waals surface area contributed by atoms with Gasteiger partial charge in [-0.1, -0.05) is 32.9 Å². The van der Waals surface area contributed by atoms with E-state index in [1.807, 2.05) is 29.6 Å². The minimum absolute atomic E-state index is 0.0185. The molecule has 2 aromatic rings. The maximum atomic E-state index is 10.5. The van der Waals surface area contributed by atoms with Gasteiger partial charge < -0.3 is 9.84 Å². The third-order valence-corrected chi connectivity index (χ3v) is 4.75. The Morgan fingerprint density at radius 2 is 1.90 bits per heavy atom. The predicted molar refractivity (Wildman–Crippen MR) is 85.0 cm³/mol. The lowest BCUT2D eigenvalue weighted by Gasteiger charge is -2.14. The summed E-state index contributed by atoms with van der Waals surface area (Å²) in [6.07, 6.45) is 2.03. The highest BCUT2D eigenvalue weighted by atomic mass is 32.1. The Morgan fingerprint density at radius 1 is 1.24 bits per heavy atom. The molecule has 1 unspecified atom stereocenters. The molecule has 1 aromatic heterocycles. The lowest BCUT2D eigenvalue weighted by molar-refractivity contribution is 0.215. The van der Waals surface area contributed by atoms with Gasteiger partial charge in [0.2, 0.25) is 0 Å². The zero-order valence-corrected chi connectivity index (χ0v) is 13.5. The van der Waals surface area contributed by atoms with E-state index in [4.69, 9.17) is 4.74 Å². The highest BCUT2D eigenvalue weighted by molar-refractivity contribution is 7.09. The van der Waals surface area contributed by atoms with E-state index < -0.39 is 6.10 Å². The first-order chi connectivity index (χ1) is 9.93. The minimum Gasteiger partial charge on any atom is -0.490 e. The van der Waals surface area contributed by atoms with Crippen LogP contribution in [0.3, 0.4) is 0 Å². The van der Waals surface area contributed by atoms with Crippen LogP contribution in [0.5, 0.6) is 5.75 Å². The SMILES string of the molecule is CC(C)(C)c1nc(C(O)c2ccc(OC3CC3)cc2)cs1. The molecular formula is C17H21NO2S. The third-order valence-electron chi connectivity index (χ3n) is 3.47. The molecule has 1 aliphatic carbocycles. The lowest BCUT2D eigenvalue weighted by Crippen LogP contribution is -2.11. The molecule has 0 aliphatic heterocycles. The molecule has 4 heteroatoms. The molecule has 1 N–H and O–H groups in total. The van der Waals surface area contributed by atoms with E-state index >= 15 is 0 Å². The van der Waals surface area contributed by atoms with Crippen LogP contribution in [-0.2, 0) is 5.41 Å². The van der Waals surface area contributed by atoms with Gasteiger partial charge in [-0.3, -0.25) is 0 Å². The molecule has 3 rings (SSSR count). The van der Waals surface area contributed by atoms with Crippen LogP contribution in [0.15, 0.2) is 29.6 Å². The van der Waals surface area contributed by atoms with Crippen molar-refractivity contribution in [2.75, 3.05) is 0 Å². The van der Waals surface area contributed by atoms with Gasteiger partial charge in [0.1, 0.15) is 11.9 Å². The van der Waals surface area contributed by atoms with Crippen LogP contribution in [0.25, 0.3) is 0 Å². The second-order valence-corrected chi connectivity index (χ2v) is 7.47. The van der Waals surface area contributed by atoms with Crippen molar-refractivity contribution in [2.24, 2.45) is 0 Å². The number of aliphatic hydroxyl groups excluding tert-OH is 1. The first kappa shape index (κ1) is 14.5. The van der Waals surface area contributed by atoms with Crippen LogP contribution in [-0.4, -0.2) is 16.2 Å². The maximum absolute atomic E-state index is 10.5. The summed E-state index contributed by atoms with van der Waals surface area (Å²) in [7, 11) is 0. The van der Waals surface area contributed by atoms with Gasteiger partial charge in [0, 0.05) is 10.8 Å². The molecular weight excluding hydrogens is 282 g/mol. The van der Waals surface area contributed by atoms with Crippen molar-refractivity contribution in [2.45, 2.75) is 51.2 Å². The summed E-state index contributed by atoms with van der Waals surface area (Å²) in [5.74, 6) is 0.877. The molecule has 1 aliphatic rings. The zero-order valence-electron chi connectivity index (χ0n) is 12.7. The van der Waals surface area contributed by atoms with E-state index in [2.05, 4.69) is 25.8 Å². The molecule has 1 fully saturated rings. The van der Waals surface area contributed by atoms with E-state index in [0.717, 1.165) is 34.9 Å². The fourth-order valence-electron chi connectivity index (χ4n) is 2.03. The highest BCUT2D eigenvalue weighted by Gasteiger charge is 2.24. The minimum atomic E-state index is -0.674. The van der Waals surface area contributed by atoms with Crippen molar-refractivity contribution in [1.29, 1.82) is 0 Å². The Kier molecular flexibility index (Phi) is 3.76. The number of rotatable bonds is 4. The van der Waals surface area contributed by atoms with Gasteiger partial charge in [0.25, 0.3) is 0 Å². The average molecular weight is 303 g/mol. The van der Waals surface area contributed by atoms with E-state index in [9.17, 15) is 5.11 Å². The highest BCUT2D eigenvalue weighted by Crippen LogP contribution is 2.31. The Bertz CT molecular complexity index is 608. The fraction of sp³-hybridized carbons (Fsp3) is 0.471. The normalized spacial score (nSPS) is 16.8. The second-order valence-electron chi connectivity index (χ2n) is 6.62. The fourth-order valence-corrected chi connectivity index (χ4v) is 2.96. The number of nitrogens with zero attached hydrogens (tertiary/aromatic N) is 1. The average Bonchev–Trinajstić information content (AvgIpc) is 3.09. The van der Waals surface area contributed by atoms with Crippen LogP contribution in [0.1, 0.15) is 56.0 Å². The van der Waals surface area contributed by atoms with Crippen LogP contribution < -0.4 is 4.74 Å². The number of ether oxygens (including phenoxy) is 1. The Morgan fingerprint density at radius 3 is 2.43 bits per heavy atom. The summed E-state index contributed by atoms with van der Waals surface area (Å²) >= 11 is 1.60. The first-order valence-electron chi connectivity index (χ1n) is 7.34. The summed E-state index contributed by atoms with van der Waals surface area (Å²) < 4.78 is 5.72. The molecule has 0 bridgehead atoms. The van der Waals surface area contributed by atoms with Crippen LogP contribution >= 0.6 is 11.3 Å². The quantitative estimate of drug-likeness (QED) is 0.926. The van der Waals surface area contributed by atoms with Crippen LogP contribution in [0.4, 0.5) is 0 Å². The molecule has 21 heavy (non-hydrogen) atoms. The Hall–Kier alpha value is -1.39. The van der Waals surface area contributed by atoms with Crippen molar-refractivity contribution >= 4 is 11.3 Å². The summed E-state index contributed by atoms with van der Waals surface area (Å²) in [6.45, 7) is 6.39. The van der Waals surface area contributed by atoms with E-state index in [1.54, 1.807) is 11.3 Å². The maximum Gasteiger partial charge on any atom is 0.122 e. The van der Waals surface area contributed by atoms with E-state index in [1.165, 1.54) is 0 Å². The summed E-state index contributed by atoms with van der Waals surface area (Å²) in [5, 5.41) is 13.5. The van der Waals surface area contributed by atoms with E-state index in [-0.39, 0.29) is 5.41 Å². The molecule has 112 valence electrons. The van der Waals surface area contributed by atoms with Crippen molar-refractivity contribution in [1.82, 2.24) is 4.98 Å². The molecule has 3 nitrogen and oxygen atoms in total. The van der Waals surface area contributed by atoms with Crippen molar-refractivity contribution in [3.8, 4) is 5.75 Å². The molecule has 1 heterocycles. The standard InChI is InChI=1S/C17H21NO2S/c1-17(2,3)16-18-14(10-21-16)15(19)11-4-6-12(7-5-11)20-13-8-9-13/h4-7,10,13,15,19H,8-9H2,1-3H3. The molecule has 0 amide bonds. The molecule has 0 radical (unpaired) electrons. The summed E-state index contributed by atoms with van der Waals surface area (Å²) in [6, 6.07) is 7.68. The van der Waals surface area contributed by atoms with Gasteiger partial charge in [-0.15, -0.1) is 11.3 Å². The summed E-state index contributed by atoms with van der Waals surface area (Å²) in [5.41, 5.74) is 1.59. The lowest BCUT2D eigenvalue weighted by atomic mass is 9.98. The Labute approximate surface area is 129 Å². The number of aromatic nitrogens is 1. The number of benzene rings is 1. The predicted octanol–water partition coefficient (Wildman–Crippen LogP) is 4.06. The van der Waals surface area contributed by atoms with Gasteiger partial charge in [-0.05, 0) is 30.5 Å². The van der Waals surface area contributed by atoms with Crippen LogP contribution in [0, 0.1) is 0 Å². The number of hydrogen-bond acceptors (Lipinski definition) is 4. The zero-order chi connectivity index (χ0) is 15.0. The van der Waals surface area contributed by atoms with Crippen molar-refractivity contribution in [3.05, 3.63) is 45.9 Å². The smallest absolute Gasteiger partial charge is 0.122 e. The van der Waals surface area contributed by atoms with Gasteiger partial charge >= 0.3 is 0 Å². The molecule has 1 aromatic carbocycles. The third kappa shape index (κ3) is 3.44. The Balaban J connectivity index is 1.74. The van der Waals surface area contributed by atoms with Crippen molar-refractivity contribution < 1.29 is 9.84 Å². The van der Waals surface area contributed by atoms with Gasteiger partial charge in [-0.25, -0.2) is 4.98 Å². The second kappa shape index (κ2) is 5.43. The number of hydrogen-bond donors (Lipinski definition) is 1. The molecule has 1 saturated carbocycles. The van der Waals surface area contributed by atoms with Crippen molar-refractivity contribution in [3.63, 3.8) is 0 Å². The van der Waals surface area contributed by atoms with Gasteiger partial charge in [0.05, 0.1) is 16.8 Å². The molecule has 1 atom stereocenters. The van der Waals surface area contributed by atoms with Gasteiger partial charge in [-0.2, -0.15) is 0 Å². The topological polar surface area (TPSA) is 42.4 Å². The number of thiazole rings is 1. The monoisotopic (exact) mass is 303 g/mol. The number of aliphatic hydroxyl groups is 1.